The molecule has 0 aliphatic heterocycles. The Morgan fingerprint density at radius 2 is 2.04 bits per heavy atom. The van der Waals surface area contributed by atoms with E-state index in [1.807, 2.05) is 17.5 Å². The number of nitro benzene ring substituents is 1. The summed E-state index contributed by atoms with van der Waals surface area (Å²) >= 11 is 7.64. The van der Waals surface area contributed by atoms with Gasteiger partial charge in [-0.3, -0.25) is 20.2 Å². The molecule has 3 heterocycles. The van der Waals surface area contributed by atoms with Crippen LogP contribution >= 0.6 is 49.9 Å². The maximum absolute atomic E-state index is 12.5. The highest BCUT2D eigenvalue weighted by atomic mass is 79.9. The number of non-ortho nitro benzene ring substituents is 1. The van der Waals surface area contributed by atoms with Gasteiger partial charge in [0.15, 0.2) is 5.13 Å². The van der Waals surface area contributed by atoms with Gasteiger partial charge in [0.2, 0.25) is 0 Å². The minimum absolute atomic E-state index is 0.00827. The van der Waals surface area contributed by atoms with Gasteiger partial charge in [0, 0.05) is 27.6 Å². The number of fused-ring (bicyclic) bond motifs is 1. The summed E-state index contributed by atoms with van der Waals surface area (Å²) in [6, 6.07) is 10.1. The lowest BCUT2D eigenvalue weighted by Crippen LogP contribution is -2.09. The zero-order chi connectivity index (χ0) is 18.3. The molecule has 10 heteroatoms. The molecule has 6 nitrogen and oxygen atoms in total. The number of halogens is 1. The quantitative estimate of drug-likeness (QED) is 0.295. The number of carbonyl (C=O) groups excluding carboxylic acids is 1. The summed E-state index contributed by atoms with van der Waals surface area (Å²) in [5, 5.41) is 16.7. The van der Waals surface area contributed by atoms with Crippen LogP contribution in [0, 0.1) is 10.1 Å². The van der Waals surface area contributed by atoms with Gasteiger partial charge in [0.25, 0.3) is 11.6 Å². The van der Waals surface area contributed by atoms with Crippen molar-refractivity contribution in [3.8, 4) is 10.6 Å². The normalized spacial score (nSPS) is 11.0. The highest BCUT2D eigenvalue weighted by Crippen LogP contribution is 2.34. The Hall–Kier alpha value is -2.14. The highest BCUT2D eigenvalue weighted by molar-refractivity contribution is 9.11. The monoisotopic (exact) mass is 465 g/mol. The predicted octanol–water partition coefficient (Wildman–Crippen LogP) is 6.01. The fourth-order valence-corrected chi connectivity index (χ4v) is 5.38. The van der Waals surface area contributed by atoms with Crippen molar-refractivity contribution >= 4 is 76.8 Å². The number of thiophene rings is 2. The predicted molar refractivity (Wildman–Crippen MR) is 110 cm³/mol. The van der Waals surface area contributed by atoms with Crippen LogP contribution in [-0.2, 0) is 0 Å². The first-order valence-corrected chi connectivity index (χ1v) is 10.5. The molecule has 4 rings (SSSR count). The first kappa shape index (κ1) is 17.3. The number of thiazole rings is 1. The van der Waals surface area contributed by atoms with E-state index in [2.05, 4.69) is 26.2 Å². The summed E-state index contributed by atoms with van der Waals surface area (Å²) in [5.74, 6) is -0.276. The zero-order valence-corrected chi connectivity index (χ0v) is 16.8. The molecule has 0 aliphatic rings. The average molecular weight is 466 g/mol. The summed E-state index contributed by atoms with van der Waals surface area (Å²) in [4.78, 5) is 28.8. The molecule has 130 valence electrons. The molecule has 0 bridgehead atoms. The Bertz CT molecular complexity index is 1150. The summed E-state index contributed by atoms with van der Waals surface area (Å²) in [5.41, 5.74) is 0.821. The first-order valence-electron chi connectivity index (χ1n) is 7.20. The van der Waals surface area contributed by atoms with Crippen LogP contribution in [0.1, 0.15) is 9.67 Å². The molecule has 0 fully saturated rings. The number of carbonyl (C=O) groups is 1. The SMILES string of the molecule is O=C(Nc1nc(-c2ccc(Br)s2)cs1)c1cc2cc([N+](=O)[O-])ccc2s1. The van der Waals surface area contributed by atoms with Crippen LogP contribution < -0.4 is 5.32 Å². The standard InChI is InChI=1S/C16H8BrN3O3S3/c17-14-4-3-12(26-14)10-7-24-16(18-10)19-15(21)13-6-8-5-9(20(22)23)1-2-11(8)25-13/h1-7H,(H,18,19,21). The van der Waals surface area contributed by atoms with Crippen LogP contribution in [0.2, 0.25) is 0 Å². The number of nitro groups is 1. The van der Waals surface area contributed by atoms with E-state index in [-0.39, 0.29) is 11.6 Å². The number of nitrogens with one attached hydrogen (secondary N) is 1. The van der Waals surface area contributed by atoms with Gasteiger partial charge in [-0.05, 0) is 40.2 Å². The van der Waals surface area contributed by atoms with Gasteiger partial charge in [-0.15, -0.1) is 34.0 Å². The third-order valence-electron chi connectivity index (χ3n) is 3.48. The van der Waals surface area contributed by atoms with Crippen molar-refractivity contribution in [2.75, 3.05) is 5.32 Å². The Kier molecular flexibility index (Phi) is 4.57. The summed E-state index contributed by atoms with van der Waals surface area (Å²) in [7, 11) is 0. The number of benzene rings is 1. The summed E-state index contributed by atoms with van der Waals surface area (Å²) in [6.45, 7) is 0. The third kappa shape index (κ3) is 3.40. The molecule has 1 amide bonds. The van der Waals surface area contributed by atoms with E-state index in [0.29, 0.717) is 15.4 Å². The molecule has 0 radical (unpaired) electrons. The molecular weight excluding hydrogens is 458 g/mol. The van der Waals surface area contributed by atoms with Crippen LogP contribution in [0.15, 0.2) is 45.6 Å². The van der Waals surface area contributed by atoms with Crippen molar-refractivity contribution in [1.29, 1.82) is 0 Å². The lowest BCUT2D eigenvalue weighted by molar-refractivity contribution is -0.384. The minimum Gasteiger partial charge on any atom is -0.297 e. The van der Waals surface area contributed by atoms with Gasteiger partial charge >= 0.3 is 0 Å². The van der Waals surface area contributed by atoms with Crippen molar-refractivity contribution in [2.24, 2.45) is 0 Å². The zero-order valence-electron chi connectivity index (χ0n) is 12.8. The number of nitrogens with zero attached hydrogens (tertiary/aromatic N) is 2. The van der Waals surface area contributed by atoms with Crippen LogP contribution in [0.4, 0.5) is 10.8 Å². The van der Waals surface area contributed by atoms with Crippen molar-refractivity contribution < 1.29 is 9.72 Å². The van der Waals surface area contributed by atoms with Gasteiger partial charge in [0.05, 0.1) is 24.2 Å². The largest absolute Gasteiger partial charge is 0.297 e. The van der Waals surface area contributed by atoms with Gasteiger partial charge in [-0.25, -0.2) is 4.98 Å². The second-order valence-electron chi connectivity index (χ2n) is 5.19. The van der Waals surface area contributed by atoms with Crippen molar-refractivity contribution in [2.45, 2.75) is 0 Å². The number of rotatable bonds is 4. The number of hydrogen-bond donors (Lipinski definition) is 1. The Morgan fingerprint density at radius 3 is 2.77 bits per heavy atom. The van der Waals surface area contributed by atoms with Gasteiger partial charge in [0.1, 0.15) is 0 Å². The van der Waals surface area contributed by atoms with E-state index in [0.717, 1.165) is 19.1 Å². The molecule has 0 saturated carbocycles. The second kappa shape index (κ2) is 6.88. The molecule has 0 atom stereocenters. The van der Waals surface area contributed by atoms with E-state index in [1.165, 1.54) is 34.8 Å². The number of aromatic nitrogens is 1. The Balaban J connectivity index is 1.55. The van der Waals surface area contributed by atoms with E-state index in [4.69, 9.17) is 0 Å². The maximum Gasteiger partial charge on any atom is 0.270 e. The van der Waals surface area contributed by atoms with E-state index in [9.17, 15) is 14.9 Å². The van der Waals surface area contributed by atoms with Crippen LogP contribution in [0.5, 0.6) is 0 Å². The molecule has 0 spiro atoms. The van der Waals surface area contributed by atoms with Gasteiger partial charge in [-0.2, -0.15) is 0 Å². The summed E-state index contributed by atoms with van der Waals surface area (Å²) in [6.07, 6.45) is 0. The van der Waals surface area contributed by atoms with Crippen molar-refractivity contribution in [3.05, 3.63) is 60.6 Å². The van der Waals surface area contributed by atoms with E-state index < -0.39 is 4.92 Å². The fourth-order valence-electron chi connectivity index (χ4n) is 2.31. The maximum atomic E-state index is 12.5. The molecule has 1 aromatic carbocycles. The Labute approximate surface area is 167 Å². The first-order chi connectivity index (χ1) is 12.5. The highest BCUT2D eigenvalue weighted by Gasteiger charge is 2.15. The lowest BCUT2D eigenvalue weighted by Gasteiger charge is -1.97. The number of hydrogen-bond acceptors (Lipinski definition) is 7. The van der Waals surface area contributed by atoms with Gasteiger partial charge < -0.3 is 0 Å². The lowest BCUT2D eigenvalue weighted by atomic mass is 10.2. The second-order valence-corrected chi connectivity index (χ2v) is 9.59. The molecule has 0 saturated heterocycles. The number of amides is 1. The fraction of sp³-hybridized carbons (Fsp3) is 0. The van der Waals surface area contributed by atoms with Crippen molar-refractivity contribution in [3.63, 3.8) is 0 Å². The molecule has 3 aromatic heterocycles. The Morgan fingerprint density at radius 1 is 1.19 bits per heavy atom. The van der Waals surface area contributed by atoms with E-state index >= 15 is 0 Å². The van der Waals surface area contributed by atoms with Crippen LogP contribution in [-0.4, -0.2) is 15.8 Å². The molecule has 0 unspecified atom stereocenters. The molecule has 1 N–H and O–H groups in total. The topological polar surface area (TPSA) is 85.1 Å². The minimum atomic E-state index is -0.448. The average Bonchev–Trinajstić information content (AvgIpc) is 3.32. The molecule has 26 heavy (non-hydrogen) atoms. The van der Waals surface area contributed by atoms with Crippen LogP contribution in [0.25, 0.3) is 20.7 Å². The molecule has 4 aromatic rings. The van der Waals surface area contributed by atoms with E-state index in [1.54, 1.807) is 23.5 Å². The van der Waals surface area contributed by atoms with Gasteiger partial charge in [-0.1, -0.05) is 0 Å². The molecule has 0 aliphatic carbocycles. The third-order valence-corrected chi connectivity index (χ3v) is 7.00. The molecular formula is C16H8BrN3O3S3. The summed E-state index contributed by atoms with van der Waals surface area (Å²) < 4.78 is 1.84. The van der Waals surface area contributed by atoms with Crippen LogP contribution in [0.3, 0.4) is 0 Å². The number of anilines is 1. The smallest absolute Gasteiger partial charge is 0.270 e. The van der Waals surface area contributed by atoms with Crippen molar-refractivity contribution in [1.82, 2.24) is 4.98 Å².